The molecule has 0 amide bonds. The molecule has 1 unspecified atom stereocenters. The number of aryl methyl sites for hydroxylation is 1. The summed E-state index contributed by atoms with van der Waals surface area (Å²) in [4.78, 5) is 4.31. The van der Waals surface area contributed by atoms with E-state index in [-0.39, 0.29) is 11.9 Å². The zero-order chi connectivity index (χ0) is 15.2. The van der Waals surface area contributed by atoms with Crippen LogP contribution in [0.4, 0.5) is 4.39 Å². The summed E-state index contributed by atoms with van der Waals surface area (Å²) in [5.41, 5.74) is 0.937. The Morgan fingerprint density at radius 3 is 2.81 bits per heavy atom. The highest BCUT2D eigenvalue weighted by Gasteiger charge is 2.15. The number of nitrogens with one attached hydrogen (secondary N) is 1. The van der Waals surface area contributed by atoms with E-state index in [2.05, 4.69) is 22.3 Å². The van der Waals surface area contributed by atoms with Crippen molar-refractivity contribution in [2.75, 3.05) is 6.54 Å². The molecule has 0 bridgehead atoms. The van der Waals surface area contributed by atoms with E-state index < -0.39 is 0 Å². The van der Waals surface area contributed by atoms with E-state index in [1.165, 1.54) is 12.1 Å². The minimum Gasteiger partial charge on any atom is -0.313 e. The maximum absolute atomic E-state index is 13.1. The molecule has 1 heterocycles. The van der Waals surface area contributed by atoms with Crippen molar-refractivity contribution < 1.29 is 4.39 Å². The van der Waals surface area contributed by atoms with E-state index in [1.54, 1.807) is 12.4 Å². The van der Waals surface area contributed by atoms with E-state index >= 15 is 0 Å². The topological polar surface area (TPSA) is 42.7 Å². The highest BCUT2D eigenvalue weighted by Crippen LogP contribution is 2.19. The molecule has 0 aliphatic carbocycles. The number of aromatic nitrogens is 3. The second-order valence-corrected chi connectivity index (χ2v) is 5.30. The van der Waals surface area contributed by atoms with Crippen molar-refractivity contribution in [2.24, 2.45) is 0 Å². The lowest BCUT2D eigenvalue weighted by atomic mass is 10.0. The first kappa shape index (κ1) is 15.9. The number of nitrogens with zero attached hydrogens (tertiary/aromatic N) is 3. The summed E-state index contributed by atoms with van der Waals surface area (Å²) < 4.78 is 15.0. The zero-order valence-corrected chi connectivity index (χ0v) is 13.1. The molecule has 0 aliphatic heterocycles. The maximum Gasteiger partial charge on any atom is 0.138 e. The van der Waals surface area contributed by atoms with Crippen molar-refractivity contribution in [3.8, 4) is 0 Å². The quantitative estimate of drug-likeness (QED) is 0.855. The van der Waals surface area contributed by atoms with E-state index in [0.717, 1.165) is 37.3 Å². The average molecular weight is 311 g/mol. The molecule has 1 aromatic carbocycles. The van der Waals surface area contributed by atoms with Crippen LogP contribution < -0.4 is 5.32 Å². The van der Waals surface area contributed by atoms with Gasteiger partial charge in [0.05, 0.1) is 0 Å². The maximum atomic E-state index is 13.1. The van der Waals surface area contributed by atoms with Crippen LogP contribution in [0.5, 0.6) is 0 Å². The van der Waals surface area contributed by atoms with Crippen LogP contribution in [0, 0.1) is 5.82 Å². The number of benzene rings is 1. The first-order valence-corrected chi connectivity index (χ1v) is 7.55. The molecule has 21 heavy (non-hydrogen) atoms. The smallest absolute Gasteiger partial charge is 0.138 e. The third kappa shape index (κ3) is 4.25. The first-order chi connectivity index (χ1) is 10.1. The van der Waals surface area contributed by atoms with Crippen LogP contribution in [-0.2, 0) is 19.4 Å². The van der Waals surface area contributed by atoms with Gasteiger partial charge in [-0.25, -0.2) is 9.37 Å². The van der Waals surface area contributed by atoms with Gasteiger partial charge in [0, 0.05) is 24.0 Å². The molecule has 0 spiro atoms. The molecule has 2 aromatic rings. The summed E-state index contributed by atoms with van der Waals surface area (Å²) in [5, 5.41) is 8.08. The van der Waals surface area contributed by atoms with Crippen LogP contribution in [0.1, 0.15) is 25.2 Å². The minimum atomic E-state index is -0.311. The Balaban J connectivity index is 2.11. The number of rotatable bonds is 7. The summed E-state index contributed by atoms with van der Waals surface area (Å²) in [5.74, 6) is 0.635. The van der Waals surface area contributed by atoms with Crippen LogP contribution in [0.15, 0.2) is 24.5 Å². The Bertz CT molecular complexity index is 585. The Hall–Kier alpha value is -1.46. The highest BCUT2D eigenvalue weighted by atomic mass is 35.5. The van der Waals surface area contributed by atoms with Gasteiger partial charge in [0.15, 0.2) is 0 Å². The van der Waals surface area contributed by atoms with Crippen molar-refractivity contribution in [3.63, 3.8) is 0 Å². The fourth-order valence-electron chi connectivity index (χ4n) is 2.39. The summed E-state index contributed by atoms with van der Waals surface area (Å²) >= 11 is 6.11. The Labute approximate surface area is 129 Å². The van der Waals surface area contributed by atoms with Crippen LogP contribution in [0.3, 0.4) is 0 Å². The molecule has 114 valence electrons. The van der Waals surface area contributed by atoms with Crippen LogP contribution >= 0.6 is 11.6 Å². The Morgan fingerprint density at radius 1 is 1.33 bits per heavy atom. The standard InChI is InChI=1S/C15H20ClFN4/c1-3-18-13(9-15-19-10-20-21(15)4-2)7-11-5-6-12(17)8-14(11)16/h5-6,8,10,13,18H,3-4,7,9H2,1-2H3. The van der Waals surface area contributed by atoms with Gasteiger partial charge in [-0.05, 0) is 37.6 Å². The summed E-state index contributed by atoms with van der Waals surface area (Å²) in [6, 6.07) is 4.73. The predicted molar refractivity (Wildman–Crippen MR) is 82.0 cm³/mol. The lowest BCUT2D eigenvalue weighted by Gasteiger charge is -2.18. The van der Waals surface area contributed by atoms with Gasteiger partial charge in [-0.3, -0.25) is 4.68 Å². The molecule has 0 saturated heterocycles. The number of likely N-dealkylation sites (N-methyl/N-ethyl adjacent to an activating group) is 1. The molecule has 2 rings (SSSR count). The lowest BCUT2D eigenvalue weighted by molar-refractivity contribution is 0.489. The first-order valence-electron chi connectivity index (χ1n) is 7.18. The fourth-order valence-corrected chi connectivity index (χ4v) is 2.63. The van der Waals surface area contributed by atoms with Gasteiger partial charge in [0.25, 0.3) is 0 Å². The molecule has 1 aromatic heterocycles. The molecule has 1 N–H and O–H groups in total. The SMILES string of the molecule is CCNC(Cc1ccc(F)cc1Cl)Cc1ncnn1CC. The van der Waals surface area contributed by atoms with Crippen LogP contribution in [0.2, 0.25) is 5.02 Å². The average Bonchev–Trinajstić information content (AvgIpc) is 2.89. The molecule has 1 atom stereocenters. The summed E-state index contributed by atoms with van der Waals surface area (Å²) in [6.07, 6.45) is 3.06. The zero-order valence-electron chi connectivity index (χ0n) is 12.3. The van der Waals surface area contributed by atoms with Gasteiger partial charge < -0.3 is 5.32 Å². The highest BCUT2D eigenvalue weighted by molar-refractivity contribution is 6.31. The summed E-state index contributed by atoms with van der Waals surface area (Å²) in [6.45, 7) is 5.75. The van der Waals surface area contributed by atoms with Crippen molar-refractivity contribution in [1.29, 1.82) is 0 Å². The van der Waals surface area contributed by atoms with Gasteiger partial charge in [-0.2, -0.15) is 5.10 Å². The third-order valence-electron chi connectivity index (χ3n) is 3.40. The van der Waals surface area contributed by atoms with Crippen molar-refractivity contribution in [1.82, 2.24) is 20.1 Å². The molecule has 0 aliphatic rings. The number of halogens is 2. The summed E-state index contributed by atoms with van der Waals surface area (Å²) in [7, 11) is 0. The Morgan fingerprint density at radius 2 is 2.14 bits per heavy atom. The monoisotopic (exact) mass is 310 g/mol. The molecule has 0 saturated carbocycles. The largest absolute Gasteiger partial charge is 0.313 e. The molecular formula is C15H20ClFN4. The minimum absolute atomic E-state index is 0.187. The van der Waals surface area contributed by atoms with Crippen LogP contribution in [-0.4, -0.2) is 27.4 Å². The molecule has 6 heteroatoms. The molecule has 0 radical (unpaired) electrons. The van der Waals surface area contributed by atoms with Crippen LogP contribution in [0.25, 0.3) is 0 Å². The van der Waals surface area contributed by atoms with Gasteiger partial charge >= 0.3 is 0 Å². The second-order valence-electron chi connectivity index (χ2n) is 4.89. The van der Waals surface area contributed by atoms with Crippen molar-refractivity contribution in [3.05, 3.63) is 46.8 Å². The number of hydrogen-bond donors (Lipinski definition) is 1. The fraction of sp³-hybridized carbons (Fsp3) is 0.467. The van der Waals surface area contributed by atoms with E-state index in [0.29, 0.717) is 5.02 Å². The predicted octanol–water partition coefficient (Wildman–Crippen LogP) is 2.85. The third-order valence-corrected chi connectivity index (χ3v) is 3.75. The van der Waals surface area contributed by atoms with E-state index in [4.69, 9.17) is 11.6 Å². The van der Waals surface area contributed by atoms with Gasteiger partial charge in [0.1, 0.15) is 18.0 Å². The normalized spacial score (nSPS) is 12.6. The molecule has 4 nitrogen and oxygen atoms in total. The number of hydrogen-bond acceptors (Lipinski definition) is 3. The van der Waals surface area contributed by atoms with E-state index in [1.807, 2.05) is 11.6 Å². The van der Waals surface area contributed by atoms with Crippen molar-refractivity contribution >= 4 is 11.6 Å². The van der Waals surface area contributed by atoms with Gasteiger partial charge in [0.2, 0.25) is 0 Å². The molecular weight excluding hydrogens is 291 g/mol. The van der Waals surface area contributed by atoms with Gasteiger partial charge in [-0.15, -0.1) is 0 Å². The lowest BCUT2D eigenvalue weighted by Crippen LogP contribution is -2.34. The van der Waals surface area contributed by atoms with E-state index in [9.17, 15) is 4.39 Å². The molecule has 0 fully saturated rings. The Kier molecular flexibility index (Phi) is 5.70. The van der Waals surface area contributed by atoms with Gasteiger partial charge in [-0.1, -0.05) is 24.6 Å². The van der Waals surface area contributed by atoms with Crippen molar-refractivity contribution in [2.45, 2.75) is 39.3 Å². The second kappa shape index (κ2) is 7.52.